The molecule has 0 saturated carbocycles. The quantitative estimate of drug-likeness (QED) is 0.627. The Balaban J connectivity index is 2.84. The number of hydrogen-bond acceptors (Lipinski definition) is 4. The summed E-state index contributed by atoms with van der Waals surface area (Å²) in [6, 6.07) is 4.78. The molecule has 4 heteroatoms. The summed E-state index contributed by atoms with van der Waals surface area (Å²) in [6.45, 7) is -0.158. The van der Waals surface area contributed by atoms with E-state index in [1.165, 1.54) is 6.20 Å². The molecule has 4 nitrogen and oxygen atoms in total. The molecule has 14 heavy (non-hydrogen) atoms. The van der Waals surface area contributed by atoms with Gasteiger partial charge in [-0.05, 0) is 18.2 Å². The standard InChI is InChI=1S/C10H10N2O2/c11-9-4-12-10-2-1-6(14)3-7(10)8(9)5-13/h1-4,13-14H,5,11H2. The number of pyridine rings is 1. The number of aliphatic hydroxyl groups excluding tert-OH is 1. The molecule has 4 N–H and O–H groups in total. The Morgan fingerprint density at radius 3 is 2.86 bits per heavy atom. The van der Waals surface area contributed by atoms with Crippen molar-refractivity contribution in [3.63, 3.8) is 0 Å². The van der Waals surface area contributed by atoms with E-state index >= 15 is 0 Å². The first-order chi connectivity index (χ1) is 6.72. The maximum Gasteiger partial charge on any atom is 0.116 e. The van der Waals surface area contributed by atoms with Crippen LogP contribution in [0.2, 0.25) is 0 Å². The molecule has 2 aromatic rings. The fourth-order valence-corrected chi connectivity index (χ4v) is 1.43. The van der Waals surface area contributed by atoms with E-state index in [1.807, 2.05) is 0 Å². The molecule has 0 fully saturated rings. The van der Waals surface area contributed by atoms with E-state index in [9.17, 15) is 5.11 Å². The van der Waals surface area contributed by atoms with E-state index in [0.717, 1.165) is 0 Å². The van der Waals surface area contributed by atoms with Crippen molar-refractivity contribution < 1.29 is 10.2 Å². The minimum absolute atomic E-state index is 0.139. The lowest BCUT2D eigenvalue weighted by molar-refractivity contribution is 0.284. The molecule has 0 bridgehead atoms. The highest BCUT2D eigenvalue weighted by molar-refractivity contribution is 5.87. The number of phenolic OH excluding ortho intramolecular Hbond substituents is 1. The highest BCUT2D eigenvalue weighted by atomic mass is 16.3. The molecule has 0 radical (unpaired) electrons. The summed E-state index contributed by atoms with van der Waals surface area (Å²) in [7, 11) is 0. The monoisotopic (exact) mass is 190 g/mol. The van der Waals surface area contributed by atoms with E-state index in [4.69, 9.17) is 10.8 Å². The van der Waals surface area contributed by atoms with Gasteiger partial charge in [0.05, 0.1) is 24.0 Å². The number of aliphatic hydroxyl groups is 1. The first-order valence-electron chi connectivity index (χ1n) is 4.19. The van der Waals surface area contributed by atoms with Crippen molar-refractivity contribution >= 4 is 16.6 Å². The second kappa shape index (κ2) is 3.16. The molecule has 0 aliphatic carbocycles. The number of rotatable bonds is 1. The van der Waals surface area contributed by atoms with E-state index in [0.29, 0.717) is 22.2 Å². The molecule has 2 rings (SSSR count). The summed E-state index contributed by atoms with van der Waals surface area (Å²) in [5.41, 5.74) is 7.39. The number of hydrogen-bond donors (Lipinski definition) is 3. The number of nitrogen functional groups attached to an aromatic ring is 1. The lowest BCUT2D eigenvalue weighted by Crippen LogP contribution is -1.96. The summed E-state index contributed by atoms with van der Waals surface area (Å²) in [6.07, 6.45) is 1.50. The number of phenols is 1. The zero-order valence-corrected chi connectivity index (χ0v) is 7.44. The minimum Gasteiger partial charge on any atom is -0.508 e. The van der Waals surface area contributed by atoms with Crippen LogP contribution in [0.5, 0.6) is 5.75 Å². The maximum absolute atomic E-state index is 9.29. The lowest BCUT2D eigenvalue weighted by Gasteiger charge is -2.06. The molecular formula is C10H10N2O2. The van der Waals surface area contributed by atoms with Crippen LogP contribution in [0.25, 0.3) is 10.9 Å². The van der Waals surface area contributed by atoms with Gasteiger partial charge in [-0.15, -0.1) is 0 Å². The SMILES string of the molecule is Nc1cnc2ccc(O)cc2c1CO. The fraction of sp³-hybridized carbons (Fsp3) is 0.100. The van der Waals surface area contributed by atoms with Crippen molar-refractivity contribution in [2.24, 2.45) is 0 Å². The molecule has 1 aromatic carbocycles. The van der Waals surface area contributed by atoms with E-state index in [-0.39, 0.29) is 12.4 Å². The zero-order chi connectivity index (χ0) is 10.1. The van der Waals surface area contributed by atoms with Crippen LogP contribution in [-0.4, -0.2) is 15.2 Å². The van der Waals surface area contributed by atoms with Crippen LogP contribution >= 0.6 is 0 Å². The van der Waals surface area contributed by atoms with Crippen LogP contribution in [0.4, 0.5) is 5.69 Å². The molecule has 0 aliphatic rings. The van der Waals surface area contributed by atoms with E-state index in [2.05, 4.69) is 4.98 Å². The minimum atomic E-state index is -0.158. The Bertz CT molecular complexity index is 478. The molecule has 1 heterocycles. The van der Waals surface area contributed by atoms with Crippen LogP contribution < -0.4 is 5.73 Å². The van der Waals surface area contributed by atoms with Crippen LogP contribution in [0.15, 0.2) is 24.4 Å². The van der Waals surface area contributed by atoms with Gasteiger partial charge in [0.15, 0.2) is 0 Å². The predicted molar refractivity (Wildman–Crippen MR) is 53.7 cm³/mol. The van der Waals surface area contributed by atoms with Gasteiger partial charge in [0.2, 0.25) is 0 Å². The van der Waals surface area contributed by atoms with Gasteiger partial charge in [0.1, 0.15) is 5.75 Å². The van der Waals surface area contributed by atoms with Crippen LogP contribution in [0.3, 0.4) is 0 Å². The smallest absolute Gasteiger partial charge is 0.116 e. The maximum atomic E-state index is 9.29. The number of fused-ring (bicyclic) bond motifs is 1. The van der Waals surface area contributed by atoms with Crippen LogP contribution in [0.1, 0.15) is 5.56 Å². The molecule has 0 unspecified atom stereocenters. The summed E-state index contributed by atoms with van der Waals surface area (Å²) in [5, 5.41) is 19.1. The van der Waals surface area contributed by atoms with Gasteiger partial charge in [-0.25, -0.2) is 0 Å². The number of nitrogens with zero attached hydrogens (tertiary/aromatic N) is 1. The van der Waals surface area contributed by atoms with Crippen LogP contribution in [-0.2, 0) is 6.61 Å². The summed E-state index contributed by atoms with van der Waals surface area (Å²) < 4.78 is 0. The molecule has 0 aliphatic heterocycles. The number of nitrogens with two attached hydrogens (primary N) is 1. The Morgan fingerprint density at radius 1 is 1.36 bits per heavy atom. The summed E-state index contributed by atoms with van der Waals surface area (Å²) >= 11 is 0. The average molecular weight is 190 g/mol. The third-order valence-corrected chi connectivity index (χ3v) is 2.15. The number of aromatic nitrogens is 1. The first-order valence-corrected chi connectivity index (χ1v) is 4.19. The van der Waals surface area contributed by atoms with E-state index < -0.39 is 0 Å². The Kier molecular flexibility index (Phi) is 1.98. The van der Waals surface area contributed by atoms with E-state index in [1.54, 1.807) is 18.2 Å². The van der Waals surface area contributed by atoms with Gasteiger partial charge in [0, 0.05) is 10.9 Å². The van der Waals surface area contributed by atoms with Crippen molar-refractivity contribution in [3.8, 4) is 5.75 Å². The third kappa shape index (κ3) is 1.25. The Labute approximate surface area is 80.6 Å². The number of benzene rings is 1. The van der Waals surface area contributed by atoms with Crippen molar-refractivity contribution in [1.29, 1.82) is 0 Å². The van der Waals surface area contributed by atoms with Gasteiger partial charge in [-0.1, -0.05) is 0 Å². The van der Waals surface area contributed by atoms with Crippen LogP contribution in [0, 0.1) is 0 Å². The predicted octanol–water partition coefficient (Wildman–Crippen LogP) is 1.01. The van der Waals surface area contributed by atoms with Gasteiger partial charge in [-0.2, -0.15) is 0 Å². The average Bonchev–Trinajstić information content (AvgIpc) is 2.17. The summed E-state index contributed by atoms with van der Waals surface area (Å²) in [4.78, 5) is 4.08. The molecule has 0 amide bonds. The second-order valence-electron chi connectivity index (χ2n) is 3.05. The van der Waals surface area contributed by atoms with Gasteiger partial charge in [-0.3, -0.25) is 4.98 Å². The van der Waals surface area contributed by atoms with Crippen molar-refractivity contribution in [3.05, 3.63) is 30.0 Å². The molecule has 0 saturated heterocycles. The highest BCUT2D eigenvalue weighted by Crippen LogP contribution is 2.25. The van der Waals surface area contributed by atoms with Crippen molar-refractivity contribution in [1.82, 2.24) is 4.98 Å². The number of anilines is 1. The van der Waals surface area contributed by atoms with Crippen molar-refractivity contribution in [2.75, 3.05) is 5.73 Å². The van der Waals surface area contributed by atoms with Crippen molar-refractivity contribution in [2.45, 2.75) is 6.61 Å². The normalized spacial score (nSPS) is 10.6. The lowest BCUT2D eigenvalue weighted by atomic mass is 10.1. The summed E-state index contributed by atoms with van der Waals surface area (Å²) in [5.74, 6) is 0.139. The Hall–Kier alpha value is -1.81. The first kappa shape index (κ1) is 8.77. The fourth-order valence-electron chi connectivity index (χ4n) is 1.43. The second-order valence-corrected chi connectivity index (χ2v) is 3.05. The highest BCUT2D eigenvalue weighted by Gasteiger charge is 2.05. The Morgan fingerprint density at radius 2 is 2.14 bits per heavy atom. The van der Waals surface area contributed by atoms with Gasteiger partial charge in [0.25, 0.3) is 0 Å². The number of aromatic hydroxyl groups is 1. The zero-order valence-electron chi connectivity index (χ0n) is 7.44. The van der Waals surface area contributed by atoms with Gasteiger partial charge >= 0.3 is 0 Å². The molecule has 1 aromatic heterocycles. The molecule has 72 valence electrons. The molecule has 0 atom stereocenters. The largest absolute Gasteiger partial charge is 0.508 e. The third-order valence-electron chi connectivity index (χ3n) is 2.15. The molecular weight excluding hydrogens is 180 g/mol. The molecule has 0 spiro atoms. The topological polar surface area (TPSA) is 79.4 Å². The van der Waals surface area contributed by atoms with Gasteiger partial charge < -0.3 is 15.9 Å².